The van der Waals surface area contributed by atoms with Gasteiger partial charge in [-0.2, -0.15) is 0 Å². The van der Waals surface area contributed by atoms with Crippen LogP contribution in [-0.4, -0.2) is 39.8 Å². The van der Waals surface area contributed by atoms with Gasteiger partial charge >= 0.3 is 5.97 Å². The van der Waals surface area contributed by atoms with Gasteiger partial charge in [0.25, 0.3) is 0 Å². The van der Waals surface area contributed by atoms with E-state index in [0.29, 0.717) is 0 Å². The number of rotatable bonds is 6. The highest BCUT2D eigenvalue weighted by atomic mass is 35.5. The van der Waals surface area contributed by atoms with Crippen molar-refractivity contribution in [3.05, 3.63) is 34.3 Å². The highest BCUT2D eigenvalue weighted by Crippen LogP contribution is 2.29. The molecule has 0 saturated carbocycles. The van der Waals surface area contributed by atoms with Crippen LogP contribution in [0.15, 0.2) is 18.2 Å². The number of carbonyl (C=O) groups excluding carboxylic acids is 1. The van der Waals surface area contributed by atoms with Crippen LogP contribution >= 0.6 is 11.6 Å². The average molecular weight is 302 g/mol. The van der Waals surface area contributed by atoms with Gasteiger partial charge in [0.1, 0.15) is 6.10 Å². The Morgan fingerprint density at radius 3 is 2.55 bits per heavy atom. The number of amides is 1. The van der Waals surface area contributed by atoms with Crippen molar-refractivity contribution < 1.29 is 24.9 Å². The van der Waals surface area contributed by atoms with Crippen molar-refractivity contribution >= 4 is 23.5 Å². The molecule has 7 heteroatoms. The Balaban J connectivity index is 2.88. The molecule has 110 valence electrons. The van der Waals surface area contributed by atoms with Crippen LogP contribution in [0, 0.1) is 0 Å². The van der Waals surface area contributed by atoms with Crippen molar-refractivity contribution in [2.45, 2.75) is 25.6 Å². The Hall–Kier alpha value is -1.63. The lowest BCUT2D eigenvalue weighted by molar-refractivity contribution is -0.119. The fourth-order valence-electron chi connectivity index (χ4n) is 1.77. The van der Waals surface area contributed by atoms with Crippen LogP contribution in [-0.2, 0) is 4.79 Å². The number of hydrogen-bond donors (Lipinski definition) is 4. The molecule has 2 unspecified atom stereocenters. The SMILES string of the molecule is CC(=O)NCCC(O)C(O)c1c(Cl)cccc1C(=O)O. The molecule has 0 aromatic heterocycles. The number of carbonyl (C=O) groups is 2. The third-order valence-electron chi connectivity index (χ3n) is 2.76. The summed E-state index contributed by atoms with van der Waals surface area (Å²) in [7, 11) is 0. The molecule has 1 rings (SSSR count). The molecular formula is C13H16ClNO5. The largest absolute Gasteiger partial charge is 0.478 e. The normalized spacial score (nSPS) is 13.6. The third-order valence-corrected chi connectivity index (χ3v) is 3.09. The second-order valence-electron chi connectivity index (χ2n) is 4.29. The molecule has 0 heterocycles. The molecular weight excluding hydrogens is 286 g/mol. The Morgan fingerprint density at radius 1 is 1.35 bits per heavy atom. The van der Waals surface area contributed by atoms with Gasteiger partial charge in [-0.3, -0.25) is 4.79 Å². The fourth-order valence-corrected chi connectivity index (χ4v) is 2.06. The number of halogens is 1. The smallest absolute Gasteiger partial charge is 0.336 e. The van der Waals surface area contributed by atoms with Crippen molar-refractivity contribution in [2.24, 2.45) is 0 Å². The summed E-state index contributed by atoms with van der Waals surface area (Å²) in [4.78, 5) is 21.8. The van der Waals surface area contributed by atoms with Gasteiger partial charge in [-0.25, -0.2) is 4.79 Å². The van der Waals surface area contributed by atoms with Crippen molar-refractivity contribution in [3.63, 3.8) is 0 Å². The van der Waals surface area contributed by atoms with Gasteiger partial charge in [-0.05, 0) is 18.6 Å². The molecule has 1 amide bonds. The number of aliphatic hydroxyl groups excluding tert-OH is 2. The molecule has 0 aliphatic heterocycles. The van der Waals surface area contributed by atoms with Crippen LogP contribution in [0.1, 0.15) is 35.4 Å². The van der Waals surface area contributed by atoms with E-state index in [4.69, 9.17) is 16.7 Å². The monoisotopic (exact) mass is 301 g/mol. The van der Waals surface area contributed by atoms with Crippen LogP contribution in [0.5, 0.6) is 0 Å². The minimum Gasteiger partial charge on any atom is -0.478 e. The first-order valence-corrected chi connectivity index (χ1v) is 6.34. The molecule has 1 aromatic rings. The molecule has 0 radical (unpaired) electrons. The number of aliphatic hydroxyl groups is 2. The van der Waals surface area contributed by atoms with E-state index >= 15 is 0 Å². The van der Waals surface area contributed by atoms with E-state index in [0.717, 1.165) is 0 Å². The average Bonchev–Trinajstić information content (AvgIpc) is 2.36. The second-order valence-corrected chi connectivity index (χ2v) is 4.70. The van der Waals surface area contributed by atoms with Gasteiger partial charge < -0.3 is 20.6 Å². The van der Waals surface area contributed by atoms with Gasteiger partial charge in [0.15, 0.2) is 0 Å². The second kappa shape index (κ2) is 7.23. The van der Waals surface area contributed by atoms with Gasteiger partial charge in [-0.15, -0.1) is 0 Å². The summed E-state index contributed by atoms with van der Waals surface area (Å²) in [5.74, 6) is -1.49. The van der Waals surface area contributed by atoms with E-state index in [1.165, 1.54) is 25.1 Å². The van der Waals surface area contributed by atoms with Crippen LogP contribution < -0.4 is 5.32 Å². The predicted octanol–water partition coefficient (Wildman–Crippen LogP) is 0.959. The zero-order valence-corrected chi connectivity index (χ0v) is 11.6. The number of carboxylic acids is 1. The number of nitrogens with one attached hydrogen (secondary N) is 1. The van der Waals surface area contributed by atoms with E-state index in [1.54, 1.807) is 0 Å². The Bertz CT molecular complexity index is 506. The van der Waals surface area contributed by atoms with E-state index < -0.39 is 18.2 Å². The Morgan fingerprint density at radius 2 is 2.00 bits per heavy atom. The van der Waals surface area contributed by atoms with Crippen LogP contribution in [0.2, 0.25) is 5.02 Å². The molecule has 0 fully saturated rings. The van der Waals surface area contributed by atoms with Gasteiger partial charge in [0, 0.05) is 24.1 Å². The summed E-state index contributed by atoms with van der Waals surface area (Å²) in [5.41, 5.74) is -0.194. The lowest BCUT2D eigenvalue weighted by Crippen LogP contribution is -2.28. The first kappa shape index (κ1) is 16.4. The number of benzene rings is 1. The summed E-state index contributed by atoms with van der Waals surface area (Å²) in [5, 5.41) is 31.5. The molecule has 0 saturated heterocycles. The Labute approximate surface area is 121 Å². The highest BCUT2D eigenvalue weighted by molar-refractivity contribution is 6.31. The van der Waals surface area contributed by atoms with Crippen molar-refractivity contribution in [1.29, 1.82) is 0 Å². The molecule has 4 N–H and O–H groups in total. The summed E-state index contributed by atoms with van der Waals surface area (Å²) in [6.45, 7) is 1.50. The first-order chi connectivity index (χ1) is 9.34. The Kier molecular flexibility index (Phi) is 5.94. The number of aromatic carboxylic acids is 1. The van der Waals surface area contributed by atoms with E-state index in [9.17, 15) is 19.8 Å². The molecule has 0 bridgehead atoms. The lowest BCUT2D eigenvalue weighted by atomic mass is 9.97. The maximum atomic E-state index is 11.1. The minimum atomic E-state index is -1.44. The van der Waals surface area contributed by atoms with Gasteiger partial charge in [0.2, 0.25) is 5.91 Å². The molecule has 0 spiro atoms. The van der Waals surface area contributed by atoms with E-state index in [2.05, 4.69) is 5.32 Å². The maximum absolute atomic E-state index is 11.1. The molecule has 6 nitrogen and oxygen atoms in total. The van der Waals surface area contributed by atoms with Gasteiger partial charge in [-0.1, -0.05) is 17.7 Å². The number of hydrogen-bond acceptors (Lipinski definition) is 4. The van der Waals surface area contributed by atoms with Crippen LogP contribution in [0.25, 0.3) is 0 Å². The highest BCUT2D eigenvalue weighted by Gasteiger charge is 2.25. The summed E-state index contributed by atoms with van der Waals surface area (Å²) < 4.78 is 0. The van der Waals surface area contributed by atoms with E-state index in [-0.39, 0.29) is 35.0 Å². The van der Waals surface area contributed by atoms with Crippen molar-refractivity contribution in [3.8, 4) is 0 Å². The third kappa shape index (κ3) is 4.19. The fraction of sp³-hybridized carbons (Fsp3) is 0.385. The maximum Gasteiger partial charge on any atom is 0.336 e. The summed E-state index contributed by atoms with van der Waals surface area (Å²) in [6, 6.07) is 4.19. The molecule has 20 heavy (non-hydrogen) atoms. The standard InChI is InChI=1S/C13H16ClNO5/c1-7(16)15-6-5-10(17)12(18)11-8(13(19)20)3-2-4-9(11)14/h2-4,10,12,17-18H,5-6H2,1H3,(H,15,16)(H,19,20). The quantitative estimate of drug-likeness (QED) is 0.626. The first-order valence-electron chi connectivity index (χ1n) is 5.97. The molecule has 0 aliphatic carbocycles. The van der Waals surface area contributed by atoms with Crippen LogP contribution in [0.4, 0.5) is 0 Å². The molecule has 1 aromatic carbocycles. The van der Waals surface area contributed by atoms with Crippen LogP contribution in [0.3, 0.4) is 0 Å². The lowest BCUT2D eigenvalue weighted by Gasteiger charge is -2.20. The minimum absolute atomic E-state index is 0.0306. The van der Waals surface area contributed by atoms with E-state index in [1.807, 2.05) is 0 Å². The molecule has 0 aliphatic rings. The predicted molar refractivity (Wildman–Crippen MR) is 72.7 cm³/mol. The summed E-state index contributed by atoms with van der Waals surface area (Å²) >= 11 is 5.89. The zero-order chi connectivity index (χ0) is 15.3. The summed E-state index contributed by atoms with van der Waals surface area (Å²) in [6.07, 6.45) is -2.60. The molecule has 2 atom stereocenters. The van der Waals surface area contributed by atoms with Gasteiger partial charge in [0.05, 0.1) is 11.7 Å². The van der Waals surface area contributed by atoms with Crippen molar-refractivity contribution in [1.82, 2.24) is 5.32 Å². The zero-order valence-electron chi connectivity index (χ0n) is 10.8. The van der Waals surface area contributed by atoms with Crippen molar-refractivity contribution in [2.75, 3.05) is 6.54 Å². The number of carboxylic acid groups (broad SMARTS) is 1. The topological polar surface area (TPSA) is 107 Å².